The lowest BCUT2D eigenvalue weighted by molar-refractivity contribution is -0.149. The number of carboxylic acids is 1. The van der Waals surface area contributed by atoms with Crippen LogP contribution >= 0.6 is 27.3 Å². The minimum absolute atomic E-state index is 0.227. The van der Waals surface area contributed by atoms with E-state index in [1.54, 1.807) is 11.3 Å². The predicted molar refractivity (Wildman–Crippen MR) is 77.8 cm³/mol. The van der Waals surface area contributed by atoms with E-state index in [2.05, 4.69) is 26.6 Å². The number of amides is 2. The van der Waals surface area contributed by atoms with E-state index in [-0.39, 0.29) is 12.1 Å². The molecule has 0 saturated carbocycles. The summed E-state index contributed by atoms with van der Waals surface area (Å²) in [5.74, 6) is -0.945. The molecule has 2 rings (SSSR count). The predicted octanol–water partition coefficient (Wildman–Crippen LogP) is 1.94. The van der Waals surface area contributed by atoms with E-state index in [0.717, 1.165) is 9.35 Å². The molecule has 0 aliphatic carbocycles. The van der Waals surface area contributed by atoms with Crippen LogP contribution in [0, 0.1) is 0 Å². The molecule has 1 aromatic heterocycles. The monoisotopic (exact) mass is 362 g/mol. The summed E-state index contributed by atoms with van der Waals surface area (Å²) in [6.07, 6.45) is 0.168. The van der Waals surface area contributed by atoms with Crippen molar-refractivity contribution in [2.24, 2.45) is 0 Å². The summed E-state index contributed by atoms with van der Waals surface area (Å²) in [4.78, 5) is 23.4. The van der Waals surface area contributed by atoms with E-state index in [0.29, 0.717) is 25.9 Å². The lowest BCUT2D eigenvalue weighted by atomic mass is 10.2. The molecule has 1 aliphatic rings. The van der Waals surface area contributed by atoms with Crippen molar-refractivity contribution in [3.63, 3.8) is 0 Å². The quantitative estimate of drug-likeness (QED) is 0.746. The van der Waals surface area contributed by atoms with Gasteiger partial charge in [-0.1, -0.05) is 0 Å². The molecule has 0 aromatic carbocycles. The molecule has 2 unspecified atom stereocenters. The molecule has 8 heteroatoms. The highest BCUT2D eigenvalue weighted by Crippen LogP contribution is 2.22. The van der Waals surface area contributed by atoms with E-state index in [1.807, 2.05) is 11.4 Å². The third-order valence-corrected chi connectivity index (χ3v) is 4.90. The zero-order valence-corrected chi connectivity index (χ0v) is 13.0. The molecule has 2 heterocycles. The molecule has 1 aromatic rings. The van der Waals surface area contributed by atoms with Gasteiger partial charge in [0.15, 0.2) is 6.10 Å². The van der Waals surface area contributed by atoms with Gasteiger partial charge in [0.05, 0.1) is 12.6 Å². The topological polar surface area (TPSA) is 87.7 Å². The summed E-state index contributed by atoms with van der Waals surface area (Å²) in [6, 6.07) is 1.64. The van der Waals surface area contributed by atoms with E-state index in [9.17, 15) is 9.59 Å². The number of rotatable bonds is 5. The molecular formula is C12H15BrN2O4S. The minimum Gasteiger partial charge on any atom is -0.479 e. The summed E-state index contributed by atoms with van der Waals surface area (Å²) >= 11 is 4.95. The number of carbonyl (C=O) groups is 2. The molecular weight excluding hydrogens is 348 g/mol. The van der Waals surface area contributed by atoms with Gasteiger partial charge < -0.3 is 20.5 Å². The smallest absolute Gasteiger partial charge is 0.332 e. The fourth-order valence-corrected chi connectivity index (χ4v) is 3.35. The zero-order valence-electron chi connectivity index (χ0n) is 10.6. The molecule has 0 spiro atoms. The maximum absolute atomic E-state index is 11.6. The lowest BCUT2D eigenvalue weighted by Gasteiger charge is -2.12. The van der Waals surface area contributed by atoms with Gasteiger partial charge >= 0.3 is 12.0 Å². The van der Waals surface area contributed by atoms with Crippen LogP contribution in [0.4, 0.5) is 4.79 Å². The van der Waals surface area contributed by atoms with Crippen LogP contribution in [0.3, 0.4) is 0 Å². The van der Waals surface area contributed by atoms with Crippen molar-refractivity contribution in [1.82, 2.24) is 10.6 Å². The van der Waals surface area contributed by atoms with Gasteiger partial charge in [-0.3, -0.25) is 0 Å². The van der Waals surface area contributed by atoms with Gasteiger partial charge in [-0.15, -0.1) is 11.3 Å². The minimum atomic E-state index is -0.945. The molecule has 1 saturated heterocycles. The summed E-state index contributed by atoms with van der Waals surface area (Å²) in [6.45, 7) is 0.772. The van der Waals surface area contributed by atoms with E-state index < -0.39 is 12.1 Å². The summed E-state index contributed by atoms with van der Waals surface area (Å²) in [5.41, 5.74) is 0. The first kappa shape index (κ1) is 15.3. The second kappa shape index (κ2) is 7.05. The van der Waals surface area contributed by atoms with Crippen LogP contribution in [0.25, 0.3) is 0 Å². The largest absolute Gasteiger partial charge is 0.479 e. The zero-order chi connectivity index (χ0) is 14.5. The van der Waals surface area contributed by atoms with Gasteiger partial charge in [-0.2, -0.15) is 0 Å². The summed E-state index contributed by atoms with van der Waals surface area (Å²) in [7, 11) is 0. The summed E-state index contributed by atoms with van der Waals surface area (Å²) in [5, 5.41) is 16.2. The number of halogens is 1. The second-order valence-electron chi connectivity index (χ2n) is 4.42. The Bertz CT molecular complexity index is 494. The molecule has 110 valence electrons. The van der Waals surface area contributed by atoms with Gasteiger partial charge in [0, 0.05) is 15.9 Å². The number of ether oxygens (including phenoxy) is 1. The molecule has 6 nitrogen and oxygen atoms in total. The molecule has 1 fully saturated rings. The van der Waals surface area contributed by atoms with Gasteiger partial charge in [0.25, 0.3) is 0 Å². The normalized spacial score (nSPS) is 21.6. The van der Waals surface area contributed by atoms with Gasteiger partial charge in [-0.05, 0) is 40.2 Å². The first-order valence-corrected chi connectivity index (χ1v) is 7.85. The van der Waals surface area contributed by atoms with Crippen LogP contribution in [0.1, 0.15) is 17.7 Å². The van der Waals surface area contributed by atoms with Crippen molar-refractivity contribution in [2.45, 2.75) is 31.6 Å². The third-order valence-electron chi connectivity index (χ3n) is 2.97. The number of hydrogen-bond acceptors (Lipinski definition) is 4. The number of urea groups is 1. The number of aliphatic carboxylic acids is 1. The molecule has 20 heavy (non-hydrogen) atoms. The van der Waals surface area contributed by atoms with Crippen molar-refractivity contribution in [2.75, 3.05) is 6.54 Å². The Labute approximate surface area is 128 Å². The highest BCUT2D eigenvalue weighted by molar-refractivity contribution is 9.10. The fraction of sp³-hybridized carbons (Fsp3) is 0.500. The maximum atomic E-state index is 11.6. The third kappa shape index (κ3) is 4.19. The van der Waals surface area contributed by atoms with Gasteiger partial charge in [0.1, 0.15) is 0 Å². The molecule has 0 radical (unpaired) electrons. The number of carboxylic acid groups (broad SMARTS) is 1. The van der Waals surface area contributed by atoms with E-state index in [4.69, 9.17) is 9.84 Å². The van der Waals surface area contributed by atoms with Gasteiger partial charge in [-0.25, -0.2) is 9.59 Å². The standard InChI is InChI=1S/C12H15BrN2O4S/c13-8-3-4-20-10(8)6-15-12(18)14-5-7-1-2-9(19-7)11(16)17/h3-4,7,9H,1-2,5-6H2,(H,16,17)(H2,14,15,18). The van der Waals surface area contributed by atoms with Crippen molar-refractivity contribution >= 4 is 39.3 Å². The maximum Gasteiger partial charge on any atom is 0.332 e. The number of nitrogens with one attached hydrogen (secondary N) is 2. The Hall–Kier alpha value is -1.12. The Kier molecular flexibility index (Phi) is 5.38. The summed E-state index contributed by atoms with van der Waals surface area (Å²) < 4.78 is 6.27. The Morgan fingerprint density at radius 3 is 2.85 bits per heavy atom. The molecule has 2 amide bonds. The van der Waals surface area contributed by atoms with Gasteiger partial charge in [0.2, 0.25) is 0 Å². The lowest BCUT2D eigenvalue weighted by Crippen LogP contribution is -2.39. The second-order valence-corrected chi connectivity index (χ2v) is 6.27. The van der Waals surface area contributed by atoms with Crippen molar-refractivity contribution < 1.29 is 19.4 Å². The van der Waals surface area contributed by atoms with E-state index >= 15 is 0 Å². The average Bonchev–Trinajstić information content (AvgIpc) is 3.03. The molecule has 2 atom stereocenters. The SMILES string of the molecule is O=C(NCc1sccc1Br)NCC1CCC(C(=O)O)O1. The Morgan fingerprint density at radius 1 is 1.45 bits per heavy atom. The van der Waals surface area contributed by atoms with Crippen LogP contribution in [0.5, 0.6) is 0 Å². The first-order chi connectivity index (χ1) is 9.56. The highest BCUT2D eigenvalue weighted by Gasteiger charge is 2.30. The number of thiophene rings is 1. The van der Waals surface area contributed by atoms with Crippen LogP contribution in [-0.2, 0) is 16.1 Å². The average molecular weight is 363 g/mol. The van der Waals surface area contributed by atoms with Crippen molar-refractivity contribution in [3.05, 3.63) is 20.8 Å². The Balaban J connectivity index is 1.66. The first-order valence-electron chi connectivity index (χ1n) is 6.18. The molecule has 0 bridgehead atoms. The van der Waals surface area contributed by atoms with E-state index in [1.165, 1.54) is 0 Å². The molecule has 3 N–H and O–H groups in total. The highest BCUT2D eigenvalue weighted by atomic mass is 79.9. The van der Waals surface area contributed by atoms with Crippen molar-refractivity contribution in [3.8, 4) is 0 Å². The number of hydrogen-bond donors (Lipinski definition) is 3. The van der Waals surface area contributed by atoms with Crippen LogP contribution in [0.15, 0.2) is 15.9 Å². The Morgan fingerprint density at radius 2 is 2.25 bits per heavy atom. The van der Waals surface area contributed by atoms with Crippen LogP contribution in [-0.4, -0.2) is 35.9 Å². The molecule has 1 aliphatic heterocycles. The van der Waals surface area contributed by atoms with Crippen molar-refractivity contribution in [1.29, 1.82) is 0 Å². The van der Waals surface area contributed by atoms with Crippen LogP contribution < -0.4 is 10.6 Å². The fourth-order valence-electron chi connectivity index (χ4n) is 1.92. The van der Waals surface area contributed by atoms with Crippen LogP contribution in [0.2, 0.25) is 0 Å². The number of carbonyl (C=O) groups excluding carboxylic acids is 1.